The van der Waals surface area contributed by atoms with Gasteiger partial charge in [-0.25, -0.2) is 4.90 Å². The molecular weight excluding hydrogens is 362 g/mol. The van der Waals surface area contributed by atoms with Gasteiger partial charge in [-0.15, -0.1) is 0 Å². The molecule has 5 nitrogen and oxygen atoms in total. The molecule has 5 heteroatoms. The first-order valence-electron chi connectivity index (χ1n) is 9.11. The highest BCUT2D eigenvalue weighted by atomic mass is 16.2. The number of carbonyl (C=O) groups is 2. The summed E-state index contributed by atoms with van der Waals surface area (Å²) in [7, 11) is 0. The largest absolute Gasteiger partial charge is 0.350 e. The van der Waals surface area contributed by atoms with Gasteiger partial charge in [-0.2, -0.15) is 5.26 Å². The number of nitrogens with zero attached hydrogens (tertiary/aromatic N) is 2. The molecule has 140 valence electrons. The van der Waals surface area contributed by atoms with Crippen LogP contribution in [0.25, 0.3) is 5.57 Å². The van der Waals surface area contributed by atoms with Crippen molar-refractivity contribution >= 4 is 28.8 Å². The average molecular weight is 379 g/mol. The van der Waals surface area contributed by atoms with E-state index < -0.39 is 11.8 Å². The molecule has 0 aromatic heterocycles. The van der Waals surface area contributed by atoms with E-state index in [1.165, 1.54) is 0 Å². The van der Waals surface area contributed by atoms with Crippen molar-refractivity contribution in [3.05, 3.63) is 101 Å². The molecular formula is C24H17N3O2. The molecule has 1 aliphatic heterocycles. The molecule has 0 aliphatic carbocycles. The molecule has 0 saturated carbocycles. The fourth-order valence-corrected chi connectivity index (χ4v) is 3.31. The SMILES string of the molecule is Cc1cccc(NC2=C(c3ccccc3)C(=O)N(c3ccc(C#N)cc3)C2=O)c1. The van der Waals surface area contributed by atoms with Crippen molar-refractivity contribution in [3.63, 3.8) is 0 Å². The van der Waals surface area contributed by atoms with E-state index in [-0.39, 0.29) is 5.70 Å². The van der Waals surface area contributed by atoms with Crippen LogP contribution in [0.5, 0.6) is 0 Å². The summed E-state index contributed by atoms with van der Waals surface area (Å²) >= 11 is 0. The monoisotopic (exact) mass is 379 g/mol. The van der Waals surface area contributed by atoms with E-state index in [0.29, 0.717) is 22.4 Å². The minimum atomic E-state index is -0.430. The Morgan fingerprint density at radius 3 is 2.24 bits per heavy atom. The van der Waals surface area contributed by atoms with Crippen molar-refractivity contribution in [2.75, 3.05) is 10.2 Å². The van der Waals surface area contributed by atoms with Crippen LogP contribution in [0, 0.1) is 18.3 Å². The fourth-order valence-electron chi connectivity index (χ4n) is 3.31. The van der Waals surface area contributed by atoms with Crippen LogP contribution in [-0.2, 0) is 9.59 Å². The highest BCUT2D eigenvalue weighted by Crippen LogP contribution is 2.33. The normalized spacial score (nSPS) is 13.6. The molecule has 1 aliphatic rings. The van der Waals surface area contributed by atoms with Crippen LogP contribution in [0.2, 0.25) is 0 Å². The molecule has 0 radical (unpaired) electrons. The lowest BCUT2D eigenvalue weighted by Crippen LogP contribution is -2.32. The van der Waals surface area contributed by atoms with E-state index >= 15 is 0 Å². The number of aryl methyl sites for hydroxylation is 1. The van der Waals surface area contributed by atoms with Gasteiger partial charge in [0.1, 0.15) is 5.70 Å². The van der Waals surface area contributed by atoms with Crippen molar-refractivity contribution in [2.45, 2.75) is 6.92 Å². The highest BCUT2D eigenvalue weighted by Gasteiger charge is 2.40. The van der Waals surface area contributed by atoms with E-state index in [4.69, 9.17) is 5.26 Å². The number of anilines is 2. The number of amides is 2. The van der Waals surface area contributed by atoms with Crippen molar-refractivity contribution in [2.24, 2.45) is 0 Å². The third-order valence-electron chi connectivity index (χ3n) is 4.69. The van der Waals surface area contributed by atoms with Crippen molar-refractivity contribution in [3.8, 4) is 6.07 Å². The zero-order chi connectivity index (χ0) is 20.4. The van der Waals surface area contributed by atoms with Crippen molar-refractivity contribution < 1.29 is 9.59 Å². The standard InChI is InChI=1S/C24H17N3O2/c1-16-6-5-9-19(14-16)26-22-21(18-7-3-2-4-8-18)23(28)27(24(22)29)20-12-10-17(15-25)11-13-20/h2-14,26H,1H3. The summed E-state index contributed by atoms with van der Waals surface area (Å²) in [5, 5.41) is 12.1. The molecule has 0 saturated heterocycles. The van der Waals surface area contributed by atoms with Gasteiger partial charge in [0.2, 0.25) is 0 Å². The molecule has 1 N–H and O–H groups in total. The Labute approximate surface area is 168 Å². The first-order chi connectivity index (χ1) is 14.1. The summed E-state index contributed by atoms with van der Waals surface area (Å²) in [6, 6.07) is 25.2. The molecule has 0 fully saturated rings. The number of rotatable bonds is 4. The topological polar surface area (TPSA) is 73.2 Å². The number of nitriles is 1. The third-order valence-corrected chi connectivity index (χ3v) is 4.69. The maximum Gasteiger partial charge on any atom is 0.282 e. The third kappa shape index (κ3) is 3.40. The highest BCUT2D eigenvalue weighted by molar-refractivity contribution is 6.46. The van der Waals surface area contributed by atoms with E-state index in [2.05, 4.69) is 5.32 Å². The first kappa shape index (κ1) is 18.2. The van der Waals surface area contributed by atoms with Gasteiger partial charge < -0.3 is 5.32 Å². The first-order valence-corrected chi connectivity index (χ1v) is 9.11. The summed E-state index contributed by atoms with van der Waals surface area (Å²) in [4.78, 5) is 27.7. The smallest absolute Gasteiger partial charge is 0.282 e. The van der Waals surface area contributed by atoms with Crippen molar-refractivity contribution in [1.29, 1.82) is 5.26 Å². The van der Waals surface area contributed by atoms with E-state index in [1.54, 1.807) is 36.4 Å². The number of nitrogens with one attached hydrogen (secondary N) is 1. The predicted molar refractivity (Wildman–Crippen MR) is 112 cm³/mol. The van der Waals surface area contributed by atoms with E-state index in [1.807, 2.05) is 55.5 Å². The summed E-state index contributed by atoms with van der Waals surface area (Å²) in [6.07, 6.45) is 0. The zero-order valence-electron chi connectivity index (χ0n) is 15.7. The molecule has 0 atom stereocenters. The maximum atomic E-state index is 13.3. The lowest BCUT2D eigenvalue weighted by Gasteiger charge is -2.15. The Morgan fingerprint density at radius 1 is 0.862 bits per heavy atom. The zero-order valence-corrected chi connectivity index (χ0v) is 15.7. The molecule has 1 heterocycles. The number of imide groups is 1. The molecule has 3 aromatic rings. The van der Waals surface area contributed by atoms with Gasteiger partial charge in [0.15, 0.2) is 0 Å². The quantitative estimate of drug-likeness (QED) is 0.688. The van der Waals surface area contributed by atoms with Crippen LogP contribution >= 0.6 is 0 Å². The van der Waals surface area contributed by atoms with Gasteiger partial charge in [-0.3, -0.25) is 9.59 Å². The summed E-state index contributed by atoms with van der Waals surface area (Å²) in [6.45, 7) is 1.96. The Hall–Kier alpha value is -4.17. The Balaban J connectivity index is 1.80. The second-order valence-corrected chi connectivity index (χ2v) is 6.71. The minimum Gasteiger partial charge on any atom is -0.350 e. The van der Waals surface area contributed by atoms with Gasteiger partial charge in [-0.1, -0.05) is 42.5 Å². The molecule has 4 rings (SSSR count). The van der Waals surface area contributed by atoms with Gasteiger partial charge in [-0.05, 0) is 54.4 Å². The van der Waals surface area contributed by atoms with Crippen LogP contribution in [0.1, 0.15) is 16.7 Å². The minimum absolute atomic E-state index is 0.233. The molecule has 3 aromatic carbocycles. The van der Waals surface area contributed by atoms with Crippen LogP contribution in [0.4, 0.5) is 11.4 Å². The van der Waals surface area contributed by atoms with Gasteiger partial charge in [0, 0.05) is 5.69 Å². The van der Waals surface area contributed by atoms with Crippen LogP contribution in [0.3, 0.4) is 0 Å². The van der Waals surface area contributed by atoms with Crippen molar-refractivity contribution in [1.82, 2.24) is 0 Å². The number of hydrogen-bond acceptors (Lipinski definition) is 4. The van der Waals surface area contributed by atoms with Crippen LogP contribution in [-0.4, -0.2) is 11.8 Å². The lowest BCUT2D eigenvalue weighted by atomic mass is 10.0. The predicted octanol–water partition coefficient (Wildman–Crippen LogP) is 4.26. The molecule has 0 unspecified atom stereocenters. The molecule has 0 spiro atoms. The Bertz CT molecular complexity index is 1170. The number of carbonyl (C=O) groups excluding carboxylic acids is 2. The lowest BCUT2D eigenvalue weighted by molar-refractivity contribution is -0.120. The number of benzene rings is 3. The van der Waals surface area contributed by atoms with Crippen LogP contribution in [0.15, 0.2) is 84.6 Å². The number of hydrogen-bond donors (Lipinski definition) is 1. The molecule has 0 bridgehead atoms. The maximum absolute atomic E-state index is 13.3. The second kappa shape index (κ2) is 7.45. The van der Waals surface area contributed by atoms with Gasteiger partial charge in [0.25, 0.3) is 11.8 Å². The van der Waals surface area contributed by atoms with Crippen LogP contribution < -0.4 is 10.2 Å². The van der Waals surface area contributed by atoms with Gasteiger partial charge >= 0.3 is 0 Å². The Morgan fingerprint density at radius 2 is 1.59 bits per heavy atom. The summed E-state index contributed by atoms with van der Waals surface area (Å²) in [5.74, 6) is -0.832. The van der Waals surface area contributed by atoms with E-state index in [0.717, 1.165) is 16.2 Å². The average Bonchev–Trinajstić information content (AvgIpc) is 2.98. The van der Waals surface area contributed by atoms with Gasteiger partial charge in [0.05, 0.1) is 22.9 Å². The Kier molecular flexibility index (Phi) is 4.68. The van der Waals surface area contributed by atoms with E-state index in [9.17, 15) is 9.59 Å². The fraction of sp³-hybridized carbons (Fsp3) is 0.0417. The molecule has 2 amide bonds. The summed E-state index contributed by atoms with van der Waals surface area (Å²) < 4.78 is 0. The summed E-state index contributed by atoms with van der Waals surface area (Å²) in [5.41, 5.74) is 3.87. The second-order valence-electron chi connectivity index (χ2n) is 6.71. The molecule has 29 heavy (non-hydrogen) atoms.